The van der Waals surface area contributed by atoms with Crippen molar-refractivity contribution in [2.75, 3.05) is 19.6 Å². The van der Waals surface area contributed by atoms with Crippen LogP contribution in [0, 0.1) is 5.92 Å². The molecular weight excluding hydrogens is 300 g/mol. The summed E-state index contributed by atoms with van der Waals surface area (Å²) >= 11 is 0. The molecule has 0 aromatic heterocycles. The second-order valence-electron chi connectivity index (χ2n) is 7.82. The highest BCUT2D eigenvalue weighted by molar-refractivity contribution is 5.82. The molecule has 1 amide bonds. The second kappa shape index (κ2) is 6.47. The van der Waals surface area contributed by atoms with Gasteiger partial charge >= 0.3 is 0 Å². The van der Waals surface area contributed by atoms with Crippen molar-refractivity contribution in [1.82, 2.24) is 21.5 Å². The van der Waals surface area contributed by atoms with Crippen molar-refractivity contribution in [3.63, 3.8) is 0 Å². The van der Waals surface area contributed by atoms with Crippen LogP contribution in [0.2, 0.25) is 0 Å². The van der Waals surface area contributed by atoms with Gasteiger partial charge in [0.2, 0.25) is 5.91 Å². The van der Waals surface area contributed by atoms with E-state index in [1.54, 1.807) is 0 Å². The molecule has 2 aliphatic heterocycles. The average Bonchev–Trinajstić information content (AvgIpc) is 3.04. The van der Waals surface area contributed by atoms with Crippen molar-refractivity contribution in [2.24, 2.45) is 5.92 Å². The number of carbonyl (C=O) groups is 1. The summed E-state index contributed by atoms with van der Waals surface area (Å²) in [5, 5.41) is 6.65. The summed E-state index contributed by atoms with van der Waals surface area (Å²) < 4.78 is 0. The zero-order chi connectivity index (χ0) is 16.6. The van der Waals surface area contributed by atoms with Crippen molar-refractivity contribution in [3.05, 3.63) is 35.4 Å². The van der Waals surface area contributed by atoms with Crippen LogP contribution in [-0.4, -0.2) is 37.6 Å². The van der Waals surface area contributed by atoms with Gasteiger partial charge < -0.3 is 10.6 Å². The molecule has 4 unspecified atom stereocenters. The number of hydrogen-bond acceptors (Lipinski definition) is 4. The van der Waals surface area contributed by atoms with E-state index in [0.717, 1.165) is 32.4 Å². The quantitative estimate of drug-likeness (QED) is 0.664. The second-order valence-corrected chi connectivity index (χ2v) is 7.82. The van der Waals surface area contributed by atoms with Crippen molar-refractivity contribution >= 4 is 5.91 Å². The third-order valence-corrected chi connectivity index (χ3v) is 6.16. The predicted molar refractivity (Wildman–Crippen MR) is 94.6 cm³/mol. The van der Waals surface area contributed by atoms with Crippen LogP contribution in [0.4, 0.5) is 0 Å². The minimum absolute atomic E-state index is 0.0424. The van der Waals surface area contributed by atoms with Crippen LogP contribution < -0.4 is 21.5 Å². The average molecular weight is 328 g/mol. The molecule has 1 aromatic rings. The van der Waals surface area contributed by atoms with Crippen molar-refractivity contribution < 1.29 is 4.79 Å². The van der Waals surface area contributed by atoms with Gasteiger partial charge in [0.05, 0.1) is 0 Å². The highest BCUT2D eigenvalue weighted by Crippen LogP contribution is 2.36. The highest BCUT2D eigenvalue weighted by atomic mass is 16.2. The van der Waals surface area contributed by atoms with E-state index < -0.39 is 0 Å². The fourth-order valence-corrected chi connectivity index (χ4v) is 4.68. The molecule has 2 saturated heterocycles. The topological polar surface area (TPSA) is 65.2 Å². The van der Waals surface area contributed by atoms with E-state index in [1.807, 2.05) is 0 Å². The van der Waals surface area contributed by atoms with E-state index in [1.165, 1.54) is 17.5 Å². The normalized spacial score (nSPS) is 35.1. The van der Waals surface area contributed by atoms with E-state index in [2.05, 4.69) is 52.7 Å². The van der Waals surface area contributed by atoms with Gasteiger partial charge in [-0.1, -0.05) is 31.2 Å². The van der Waals surface area contributed by atoms with Gasteiger partial charge in [0.25, 0.3) is 0 Å². The number of benzene rings is 1. The zero-order valence-electron chi connectivity index (χ0n) is 14.4. The highest BCUT2D eigenvalue weighted by Gasteiger charge is 2.41. The molecular formula is C19H28N4O. The molecule has 1 aliphatic carbocycles. The summed E-state index contributed by atoms with van der Waals surface area (Å²) in [5.74, 6) is 0.466. The van der Waals surface area contributed by atoms with E-state index in [4.69, 9.17) is 0 Å². The van der Waals surface area contributed by atoms with Gasteiger partial charge in [-0.25, -0.2) is 5.43 Å². The smallest absolute Gasteiger partial charge is 0.238 e. The Morgan fingerprint density at radius 1 is 1.33 bits per heavy atom. The molecule has 0 saturated carbocycles. The minimum Gasteiger partial charge on any atom is -0.354 e. The standard InChI is InChI=1S/C19H28N4O/c1-19(9-4-6-13-5-2-3-7-15(13)19)12-21-18(24)17-14-11-20-10-8-16(14)22-23-17/h2-3,5,7,14,16-17,20,22-23H,4,6,8-12H2,1H3,(H,21,24). The van der Waals surface area contributed by atoms with Gasteiger partial charge in [0.15, 0.2) is 0 Å². The number of hydrazine groups is 1. The molecule has 5 nitrogen and oxygen atoms in total. The first-order valence-corrected chi connectivity index (χ1v) is 9.25. The van der Waals surface area contributed by atoms with Crippen LogP contribution in [0.1, 0.15) is 37.3 Å². The number of hydrogen-bond donors (Lipinski definition) is 4. The minimum atomic E-state index is -0.134. The number of aryl methyl sites for hydroxylation is 1. The Morgan fingerprint density at radius 2 is 2.21 bits per heavy atom. The van der Waals surface area contributed by atoms with Gasteiger partial charge in [-0.15, -0.1) is 0 Å². The number of piperidine rings is 1. The Bertz CT molecular complexity index is 619. The van der Waals surface area contributed by atoms with Gasteiger partial charge in [-0.3, -0.25) is 10.2 Å². The molecule has 4 rings (SSSR count). The van der Waals surface area contributed by atoms with Crippen molar-refractivity contribution in [3.8, 4) is 0 Å². The van der Waals surface area contributed by atoms with Gasteiger partial charge in [0, 0.05) is 30.5 Å². The lowest BCUT2D eigenvalue weighted by Gasteiger charge is -2.36. The predicted octanol–water partition coefficient (Wildman–Crippen LogP) is 0.851. The molecule has 0 bridgehead atoms. The first kappa shape index (κ1) is 16.1. The van der Waals surface area contributed by atoms with Crippen LogP contribution in [0.5, 0.6) is 0 Å². The molecule has 3 aliphatic rings. The Hall–Kier alpha value is -1.43. The van der Waals surface area contributed by atoms with Gasteiger partial charge in [-0.2, -0.15) is 0 Å². The number of nitrogens with one attached hydrogen (secondary N) is 4. The van der Waals surface area contributed by atoms with Crippen molar-refractivity contribution in [1.29, 1.82) is 0 Å². The maximum Gasteiger partial charge on any atom is 0.238 e. The largest absolute Gasteiger partial charge is 0.354 e. The van der Waals surface area contributed by atoms with E-state index in [0.29, 0.717) is 18.5 Å². The molecule has 24 heavy (non-hydrogen) atoms. The van der Waals surface area contributed by atoms with E-state index in [-0.39, 0.29) is 17.4 Å². The Kier molecular flexibility index (Phi) is 4.33. The first-order chi connectivity index (χ1) is 11.7. The molecule has 2 fully saturated rings. The molecule has 4 N–H and O–H groups in total. The first-order valence-electron chi connectivity index (χ1n) is 9.25. The molecule has 5 heteroatoms. The zero-order valence-corrected chi connectivity index (χ0v) is 14.4. The van der Waals surface area contributed by atoms with Gasteiger partial charge in [0.1, 0.15) is 6.04 Å². The summed E-state index contributed by atoms with van der Waals surface area (Å²) in [5.41, 5.74) is 9.41. The lowest BCUT2D eigenvalue weighted by molar-refractivity contribution is -0.124. The van der Waals surface area contributed by atoms with Crippen LogP contribution in [0.25, 0.3) is 0 Å². The molecule has 0 radical (unpaired) electrons. The van der Waals surface area contributed by atoms with Crippen LogP contribution in [0.15, 0.2) is 24.3 Å². The van der Waals surface area contributed by atoms with Crippen LogP contribution >= 0.6 is 0 Å². The lowest BCUT2D eigenvalue weighted by atomic mass is 9.71. The number of amides is 1. The lowest BCUT2D eigenvalue weighted by Crippen LogP contribution is -2.51. The monoisotopic (exact) mass is 328 g/mol. The third kappa shape index (κ3) is 2.85. The van der Waals surface area contributed by atoms with Crippen LogP contribution in [-0.2, 0) is 16.6 Å². The number of carbonyl (C=O) groups excluding carboxylic acids is 1. The molecule has 2 heterocycles. The van der Waals surface area contributed by atoms with Crippen molar-refractivity contribution in [2.45, 2.75) is 50.1 Å². The summed E-state index contributed by atoms with van der Waals surface area (Å²) in [6.07, 6.45) is 4.56. The Labute approximate surface area is 143 Å². The Morgan fingerprint density at radius 3 is 3.12 bits per heavy atom. The summed E-state index contributed by atoms with van der Waals surface area (Å²) in [7, 11) is 0. The summed E-state index contributed by atoms with van der Waals surface area (Å²) in [4.78, 5) is 12.8. The molecule has 130 valence electrons. The third-order valence-electron chi connectivity index (χ3n) is 6.16. The fraction of sp³-hybridized carbons (Fsp3) is 0.632. The summed E-state index contributed by atoms with van der Waals surface area (Å²) in [6.45, 7) is 4.93. The fourth-order valence-electron chi connectivity index (χ4n) is 4.68. The maximum atomic E-state index is 12.8. The van der Waals surface area contributed by atoms with Gasteiger partial charge in [-0.05, 0) is 43.4 Å². The SMILES string of the molecule is CC1(CNC(=O)C2NNC3CCNCC32)CCCc2ccccc21. The number of fused-ring (bicyclic) bond motifs is 2. The van der Waals surface area contributed by atoms with E-state index >= 15 is 0 Å². The molecule has 1 aromatic carbocycles. The maximum absolute atomic E-state index is 12.8. The number of rotatable bonds is 3. The molecule has 4 atom stereocenters. The summed E-state index contributed by atoms with van der Waals surface area (Å²) in [6, 6.07) is 8.98. The van der Waals surface area contributed by atoms with E-state index in [9.17, 15) is 4.79 Å². The Balaban J connectivity index is 1.43. The molecule has 0 spiro atoms. The van der Waals surface area contributed by atoms with Crippen LogP contribution in [0.3, 0.4) is 0 Å².